The Bertz CT molecular complexity index is 1240. The molecule has 0 bridgehead atoms. The van der Waals surface area contributed by atoms with Crippen LogP contribution in [0.4, 0.5) is 0 Å². The maximum atomic E-state index is 6.90. The van der Waals surface area contributed by atoms with E-state index < -0.39 is 6.57 Å². The summed E-state index contributed by atoms with van der Waals surface area (Å²) in [4.78, 5) is 0. The van der Waals surface area contributed by atoms with Crippen LogP contribution < -0.4 is 0 Å². The van der Waals surface area contributed by atoms with Crippen LogP contribution in [0.3, 0.4) is 0 Å². The molecule has 1 aliphatic rings. The van der Waals surface area contributed by atoms with Gasteiger partial charge < -0.3 is 4.52 Å². The van der Waals surface area contributed by atoms with E-state index in [0.29, 0.717) is 0 Å². The molecule has 0 amide bonds. The lowest BCUT2D eigenvalue weighted by molar-refractivity contribution is 0.223. The van der Waals surface area contributed by atoms with E-state index in [1.165, 1.54) is 27.5 Å². The van der Waals surface area contributed by atoms with Gasteiger partial charge in [0.2, 0.25) is 6.57 Å². The molecule has 5 heteroatoms. The van der Waals surface area contributed by atoms with Gasteiger partial charge in [0.25, 0.3) is 0 Å². The van der Waals surface area contributed by atoms with Crippen LogP contribution in [0.2, 0.25) is 0 Å². The second-order valence-electron chi connectivity index (χ2n) is 8.66. The Morgan fingerprint density at radius 1 is 0.697 bits per heavy atom. The summed E-state index contributed by atoms with van der Waals surface area (Å²) >= 11 is 6.41. The number of fused-ring (bicyclic) bond motifs is 1. The predicted octanol–water partition coefficient (Wildman–Crippen LogP) is 7.50. The Morgan fingerprint density at radius 3 is 1.76 bits per heavy atom. The zero-order valence-electron chi connectivity index (χ0n) is 19.2. The summed E-state index contributed by atoms with van der Waals surface area (Å²) in [6.07, 6.45) is -0.127. The van der Waals surface area contributed by atoms with E-state index in [1.807, 2.05) is 0 Å². The van der Waals surface area contributed by atoms with Crippen LogP contribution in [0.15, 0.2) is 103 Å². The molecule has 3 atom stereocenters. The summed E-state index contributed by atoms with van der Waals surface area (Å²) in [7, 11) is 4.27. The molecule has 0 N–H and O–H groups in total. The first kappa shape index (κ1) is 22.5. The zero-order chi connectivity index (χ0) is 23.0. The fourth-order valence-electron chi connectivity index (χ4n) is 5.06. The smallest absolute Gasteiger partial charge is 0.204 e. The average molecular weight is 473 g/mol. The van der Waals surface area contributed by atoms with Crippen molar-refractivity contribution < 1.29 is 4.52 Å². The maximum absolute atomic E-state index is 6.90. The molecule has 3 nitrogen and oxygen atoms in total. The van der Waals surface area contributed by atoms with Gasteiger partial charge in [-0.3, -0.25) is 0 Å². The molecule has 1 saturated heterocycles. The van der Waals surface area contributed by atoms with Gasteiger partial charge in [0.05, 0.1) is 18.2 Å². The molecule has 0 radical (unpaired) electrons. The summed E-state index contributed by atoms with van der Waals surface area (Å²) in [6, 6.07) is 36.5. The number of rotatable bonds is 5. The van der Waals surface area contributed by atoms with Crippen molar-refractivity contribution in [1.29, 1.82) is 0 Å². The standard InChI is InChI=1S/C28H29N2OPS/c1-21(25-20-12-18-22-13-10-11-19-26(22)25)31-32(33)29(2)27(23-14-6-4-7-15-23)28(30(32)3)24-16-8-5-9-17-24/h4-21,27-28H,1-3H3/t21-,27+,28+/m0/s1. The lowest BCUT2D eigenvalue weighted by Crippen LogP contribution is -2.20. The Balaban J connectivity index is 1.56. The van der Waals surface area contributed by atoms with Crippen molar-refractivity contribution in [3.05, 3.63) is 120 Å². The van der Waals surface area contributed by atoms with Crippen LogP contribution in [-0.4, -0.2) is 23.4 Å². The minimum atomic E-state index is -2.49. The summed E-state index contributed by atoms with van der Waals surface area (Å²) < 4.78 is 11.5. The molecule has 168 valence electrons. The third kappa shape index (κ3) is 3.97. The molecule has 1 fully saturated rings. The van der Waals surface area contributed by atoms with Crippen molar-refractivity contribution in [3.8, 4) is 0 Å². The fourth-order valence-corrected chi connectivity index (χ4v) is 8.47. The molecule has 0 saturated carbocycles. The number of likely N-dealkylation sites (N-methyl/N-ethyl adjacent to an activating group) is 2. The van der Waals surface area contributed by atoms with Crippen molar-refractivity contribution in [3.63, 3.8) is 0 Å². The Labute approximate surface area is 201 Å². The minimum absolute atomic E-state index is 0.115. The summed E-state index contributed by atoms with van der Waals surface area (Å²) in [5, 5.41) is 2.44. The summed E-state index contributed by atoms with van der Waals surface area (Å²) in [5.41, 5.74) is 3.70. The molecule has 0 aliphatic carbocycles. The van der Waals surface area contributed by atoms with Crippen LogP contribution in [0.5, 0.6) is 0 Å². The molecule has 33 heavy (non-hydrogen) atoms. The summed E-state index contributed by atoms with van der Waals surface area (Å²) in [5.74, 6) is 0. The highest BCUT2D eigenvalue weighted by Gasteiger charge is 2.51. The molecule has 1 heterocycles. The lowest BCUT2D eigenvalue weighted by atomic mass is 9.93. The first-order chi connectivity index (χ1) is 16.0. The van der Waals surface area contributed by atoms with Gasteiger partial charge in [-0.1, -0.05) is 103 Å². The fraction of sp³-hybridized carbons (Fsp3) is 0.214. The SMILES string of the molecule is C[C@H](OP1(=S)N(C)[C@H](c2ccccc2)[C@@H](c2ccccc2)N1C)c1cccc2ccccc12. The molecule has 0 unspecified atom stereocenters. The van der Waals surface area contributed by atoms with E-state index in [1.54, 1.807) is 0 Å². The largest absolute Gasteiger partial charge is 0.319 e. The number of benzene rings is 4. The van der Waals surface area contributed by atoms with Gasteiger partial charge in [0, 0.05) is 0 Å². The van der Waals surface area contributed by atoms with Crippen LogP contribution in [0, 0.1) is 0 Å². The van der Waals surface area contributed by atoms with Crippen LogP contribution in [0.1, 0.15) is 41.8 Å². The molecular weight excluding hydrogens is 443 g/mol. The highest BCUT2D eigenvalue weighted by molar-refractivity contribution is 8.10. The lowest BCUT2D eigenvalue weighted by Gasteiger charge is -2.33. The molecular formula is C28H29N2OPS. The Kier molecular flexibility index (Phi) is 6.22. The molecule has 4 aromatic rings. The second kappa shape index (κ2) is 9.13. The van der Waals surface area contributed by atoms with Crippen LogP contribution in [0.25, 0.3) is 10.8 Å². The van der Waals surface area contributed by atoms with Gasteiger partial charge in [-0.25, -0.2) is 9.34 Å². The van der Waals surface area contributed by atoms with Crippen molar-refractivity contribution in [2.24, 2.45) is 0 Å². The van der Waals surface area contributed by atoms with E-state index in [9.17, 15) is 0 Å². The monoisotopic (exact) mass is 472 g/mol. The number of hydrogen-bond acceptors (Lipinski definition) is 2. The third-order valence-electron chi connectivity index (χ3n) is 6.74. The van der Waals surface area contributed by atoms with E-state index in [2.05, 4.69) is 133 Å². The van der Waals surface area contributed by atoms with Crippen LogP contribution in [-0.2, 0) is 16.3 Å². The zero-order valence-corrected chi connectivity index (χ0v) is 20.9. The van der Waals surface area contributed by atoms with Crippen LogP contribution >= 0.6 is 6.57 Å². The van der Waals surface area contributed by atoms with E-state index in [0.717, 1.165) is 0 Å². The topological polar surface area (TPSA) is 15.7 Å². The minimum Gasteiger partial charge on any atom is -0.319 e. The first-order valence-electron chi connectivity index (χ1n) is 11.3. The highest BCUT2D eigenvalue weighted by Crippen LogP contribution is 2.70. The normalized spacial score (nSPS) is 21.9. The number of hydrogen-bond donors (Lipinski definition) is 0. The first-order valence-corrected chi connectivity index (χ1v) is 14.0. The van der Waals surface area contributed by atoms with E-state index in [-0.39, 0.29) is 18.2 Å². The van der Waals surface area contributed by atoms with E-state index in [4.69, 9.17) is 16.3 Å². The number of nitrogens with zero attached hydrogens (tertiary/aromatic N) is 2. The molecule has 5 rings (SSSR count). The van der Waals surface area contributed by atoms with Gasteiger partial charge in [-0.05, 0) is 60.3 Å². The van der Waals surface area contributed by atoms with Gasteiger partial charge in [0.15, 0.2) is 0 Å². The van der Waals surface area contributed by atoms with Gasteiger partial charge in [-0.2, -0.15) is 0 Å². The highest BCUT2D eigenvalue weighted by atomic mass is 32.5. The molecule has 4 aromatic carbocycles. The maximum Gasteiger partial charge on any atom is 0.204 e. The van der Waals surface area contributed by atoms with Gasteiger partial charge in [0.1, 0.15) is 0 Å². The van der Waals surface area contributed by atoms with E-state index >= 15 is 0 Å². The Hall–Kier alpha value is -2.33. The van der Waals surface area contributed by atoms with Crippen molar-refractivity contribution in [2.45, 2.75) is 25.1 Å². The second-order valence-corrected chi connectivity index (χ2v) is 12.5. The van der Waals surface area contributed by atoms with Gasteiger partial charge in [-0.15, -0.1) is 0 Å². The Morgan fingerprint density at radius 2 is 1.18 bits per heavy atom. The predicted molar refractivity (Wildman–Crippen MR) is 142 cm³/mol. The van der Waals surface area contributed by atoms with Gasteiger partial charge >= 0.3 is 0 Å². The van der Waals surface area contributed by atoms with Crippen molar-refractivity contribution >= 4 is 29.1 Å². The molecule has 0 aromatic heterocycles. The molecule has 0 spiro atoms. The van der Waals surface area contributed by atoms with Crippen molar-refractivity contribution in [1.82, 2.24) is 9.34 Å². The molecule has 1 aliphatic heterocycles. The van der Waals surface area contributed by atoms with Crippen molar-refractivity contribution in [2.75, 3.05) is 14.1 Å². The third-order valence-corrected chi connectivity index (χ3v) is 11.2. The quantitative estimate of drug-likeness (QED) is 0.279. The average Bonchev–Trinajstić information content (AvgIpc) is 3.05. The summed E-state index contributed by atoms with van der Waals surface area (Å²) in [6.45, 7) is -0.365.